The topological polar surface area (TPSA) is 78.4 Å². The standard InChI is InChI=1S/C13H26N2O3/c1-12(2,3)7-9(10(16)17)8-14-11(18)15-13(4,5)6/h9H,7-8H2,1-6H3,(H,16,17)(H2,14,15,18). The Balaban J connectivity index is 4.29. The molecule has 0 rings (SSSR count). The lowest BCUT2D eigenvalue weighted by Crippen LogP contribution is -2.48. The highest BCUT2D eigenvalue weighted by molar-refractivity contribution is 5.76. The van der Waals surface area contributed by atoms with Crippen LogP contribution in [-0.4, -0.2) is 29.2 Å². The fraction of sp³-hybridized carbons (Fsp3) is 0.846. The van der Waals surface area contributed by atoms with Gasteiger partial charge in [-0.25, -0.2) is 4.79 Å². The van der Waals surface area contributed by atoms with Crippen molar-refractivity contribution < 1.29 is 14.7 Å². The fourth-order valence-electron chi connectivity index (χ4n) is 1.59. The van der Waals surface area contributed by atoms with E-state index in [0.29, 0.717) is 6.42 Å². The molecule has 5 nitrogen and oxygen atoms in total. The van der Waals surface area contributed by atoms with Crippen molar-refractivity contribution in [2.24, 2.45) is 11.3 Å². The number of amides is 2. The third-order valence-electron chi connectivity index (χ3n) is 2.21. The van der Waals surface area contributed by atoms with Gasteiger partial charge in [-0.3, -0.25) is 4.79 Å². The summed E-state index contributed by atoms with van der Waals surface area (Å²) in [5, 5.41) is 14.5. The van der Waals surface area contributed by atoms with Crippen LogP contribution < -0.4 is 10.6 Å². The molecule has 106 valence electrons. The molecule has 0 saturated heterocycles. The number of carboxylic acid groups (broad SMARTS) is 1. The normalized spacial score (nSPS) is 13.9. The number of carbonyl (C=O) groups excluding carboxylic acids is 1. The fourth-order valence-corrected chi connectivity index (χ4v) is 1.59. The van der Waals surface area contributed by atoms with E-state index in [4.69, 9.17) is 5.11 Å². The van der Waals surface area contributed by atoms with Crippen molar-refractivity contribution in [1.82, 2.24) is 10.6 Å². The largest absolute Gasteiger partial charge is 0.481 e. The maximum atomic E-state index is 11.5. The lowest BCUT2D eigenvalue weighted by Gasteiger charge is -2.25. The quantitative estimate of drug-likeness (QED) is 0.723. The number of aliphatic carboxylic acids is 1. The lowest BCUT2D eigenvalue weighted by molar-refractivity contribution is -0.142. The smallest absolute Gasteiger partial charge is 0.315 e. The van der Waals surface area contributed by atoms with E-state index in [1.165, 1.54) is 0 Å². The number of carbonyl (C=O) groups is 2. The molecule has 0 heterocycles. The number of hydrogen-bond acceptors (Lipinski definition) is 2. The van der Waals surface area contributed by atoms with Gasteiger partial charge in [0.15, 0.2) is 0 Å². The van der Waals surface area contributed by atoms with E-state index in [1.807, 2.05) is 41.5 Å². The van der Waals surface area contributed by atoms with Gasteiger partial charge in [-0.15, -0.1) is 0 Å². The maximum Gasteiger partial charge on any atom is 0.315 e. The molecular weight excluding hydrogens is 232 g/mol. The molecule has 0 aromatic heterocycles. The van der Waals surface area contributed by atoms with Gasteiger partial charge in [0.1, 0.15) is 0 Å². The van der Waals surface area contributed by atoms with E-state index in [9.17, 15) is 9.59 Å². The minimum absolute atomic E-state index is 0.0781. The summed E-state index contributed by atoms with van der Waals surface area (Å²) in [6, 6.07) is -0.331. The Morgan fingerprint density at radius 3 is 1.94 bits per heavy atom. The molecule has 3 N–H and O–H groups in total. The van der Waals surface area contributed by atoms with Crippen molar-refractivity contribution in [3.63, 3.8) is 0 Å². The lowest BCUT2D eigenvalue weighted by atomic mass is 9.84. The van der Waals surface area contributed by atoms with E-state index in [2.05, 4.69) is 10.6 Å². The summed E-state index contributed by atoms with van der Waals surface area (Å²) in [7, 11) is 0. The third kappa shape index (κ3) is 8.84. The van der Waals surface area contributed by atoms with Gasteiger partial charge in [0.05, 0.1) is 5.92 Å². The summed E-state index contributed by atoms with van der Waals surface area (Å²) in [6.45, 7) is 11.7. The number of rotatable bonds is 4. The zero-order chi connectivity index (χ0) is 14.6. The van der Waals surface area contributed by atoms with Gasteiger partial charge in [0, 0.05) is 12.1 Å². The first-order valence-electron chi connectivity index (χ1n) is 6.19. The summed E-state index contributed by atoms with van der Waals surface area (Å²) in [5.74, 6) is -1.43. The Morgan fingerprint density at radius 2 is 1.61 bits per heavy atom. The van der Waals surface area contributed by atoms with Gasteiger partial charge in [0.2, 0.25) is 0 Å². The van der Waals surface area contributed by atoms with Crippen LogP contribution in [-0.2, 0) is 4.79 Å². The number of carboxylic acids is 1. The first-order valence-corrected chi connectivity index (χ1v) is 6.19. The zero-order valence-corrected chi connectivity index (χ0v) is 12.3. The van der Waals surface area contributed by atoms with Crippen molar-refractivity contribution in [3.05, 3.63) is 0 Å². The Kier molecular flexibility index (Phi) is 5.64. The molecule has 0 aliphatic rings. The highest BCUT2D eigenvalue weighted by Gasteiger charge is 2.25. The van der Waals surface area contributed by atoms with Crippen molar-refractivity contribution in [2.75, 3.05) is 6.54 Å². The minimum atomic E-state index is -0.874. The Labute approximate surface area is 109 Å². The zero-order valence-electron chi connectivity index (χ0n) is 12.3. The third-order valence-corrected chi connectivity index (χ3v) is 2.21. The monoisotopic (exact) mass is 258 g/mol. The number of nitrogens with one attached hydrogen (secondary N) is 2. The second kappa shape index (κ2) is 6.07. The molecule has 18 heavy (non-hydrogen) atoms. The predicted molar refractivity (Wildman–Crippen MR) is 71.5 cm³/mol. The van der Waals surface area contributed by atoms with Gasteiger partial charge in [-0.2, -0.15) is 0 Å². The van der Waals surface area contributed by atoms with Crippen LogP contribution in [0, 0.1) is 11.3 Å². The molecule has 0 aliphatic carbocycles. The van der Waals surface area contributed by atoms with Crippen molar-refractivity contribution in [2.45, 2.75) is 53.5 Å². The Bertz CT molecular complexity index is 300. The molecule has 0 radical (unpaired) electrons. The van der Waals surface area contributed by atoms with Crippen LogP contribution >= 0.6 is 0 Å². The van der Waals surface area contributed by atoms with Crippen LogP contribution in [0.15, 0.2) is 0 Å². The molecule has 0 aromatic carbocycles. The molecule has 1 atom stereocenters. The van der Waals surface area contributed by atoms with Crippen molar-refractivity contribution in [3.8, 4) is 0 Å². The van der Waals surface area contributed by atoms with Crippen LogP contribution in [0.4, 0.5) is 4.79 Å². The Morgan fingerprint density at radius 1 is 1.11 bits per heavy atom. The Hall–Kier alpha value is -1.26. The van der Waals surface area contributed by atoms with Gasteiger partial charge >= 0.3 is 12.0 Å². The molecule has 0 aliphatic heterocycles. The first-order chi connectivity index (χ1) is 7.91. The maximum absolute atomic E-state index is 11.5. The molecule has 0 aromatic rings. The van der Waals surface area contributed by atoms with Crippen LogP contribution in [0.25, 0.3) is 0 Å². The van der Waals surface area contributed by atoms with Gasteiger partial charge in [-0.05, 0) is 32.6 Å². The molecule has 1 unspecified atom stereocenters. The number of hydrogen-bond donors (Lipinski definition) is 3. The first kappa shape index (κ1) is 16.7. The predicted octanol–water partition coefficient (Wildman–Crippen LogP) is 2.22. The summed E-state index contributed by atoms with van der Waals surface area (Å²) in [4.78, 5) is 22.6. The average molecular weight is 258 g/mol. The minimum Gasteiger partial charge on any atom is -0.481 e. The molecule has 2 amide bonds. The van der Waals surface area contributed by atoms with Gasteiger partial charge < -0.3 is 15.7 Å². The van der Waals surface area contributed by atoms with Crippen LogP contribution in [0.1, 0.15) is 48.0 Å². The van der Waals surface area contributed by atoms with E-state index in [1.54, 1.807) is 0 Å². The molecular formula is C13H26N2O3. The van der Waals surface area contributed by atoms with Gasteiger partial charge in [-0.1, -0.05) is 20.8 Å². The van der Waals surface area contributed by atoms with E-state index in [0.717, 1.165) is 0 Å². The highest BCUT2D eigenvalue weighted by atomic mass is 16.4. The van der Waals surface area contributed by atoms with E-state index >= 15 is 0 Å². The molecule has 0 spiro atoms. The number of urea groups is 1. The summed E-state index contributed by atoms with van der Waals surface area (Å²) in [5.41, 5.74) is -0.405. The van der Waals surface area contributed by atoms with E-state index in [-0.39, 0.29) is 23.5 Å². The SMILES string of the molecule is CC(C)(C)CC(CNC(=O)NC(C)(C)C)C(=O)O. The average Bonchev–Trinajstić information content (AvgIpc) is 2.06. The van der Waals surface area contributed by atoms with Crippen molar-refractivity contribution in [1.29, 1.82) is 0 Å². The van der Waals surface area contributed by atoms with Crippen molar-refractivity contribution >= 4 is 12.0 Å². The second-order valence-corrected chi connectivity index (χ2v) is 6.88. The van der Waals surface area contributed by atoms with E-state index < -0.39 is 11.9 Å². The molecule has 0 fully saturated rings. The molecule has 5 heteroatoms. The molecule has 0 saturated carbocycles. The van der Waals surface area contributed by atoms with Crippen LogP contribution in [0.5, 0.6) is 0 Å². The highest BCUT2D eigenvalue weighted by Crippen LogP contribution is 2.24. The summed E-state index contributed by atoms with van der Waals surface area (Å²) < 4.78 is 0. The molecule has 0 bridgehead atoms. The summed E-state index contributed by atoms with van der Waals surface area (Å²) >= 11 is 0. The van der Waals surface area contributed by atoms with Gasteiger partial charge in [0.25, 0.3) is 0 Å². The summed E-state index contributed by atoms with van der Waals surface area (Å²) in [6.07, 6.45) is 0.526. The van der Waals surface area contributed by atoms with Crippen LogP contribution in [0.2, 0.25) is 0 Å². The van der Waals surface area contributed by atoms with Crippen LogP contribution in [0.3, 0.4) is 0 Å². The second-order valence-electron chi connectivity index (χ2n) is 6.88.